The zero-order chi connectivity index (χ0) is 18.1. The van der Waals surface area contributed by atoms with E-state index in [-0.39, 0.29) is 30.0 Å². The third-order valence-corrected chi connectivity index (χ3v) is 5.39. The Morgan fingerprint density at radius 2 is 1.92 bits per heavy atom. The summed E-state index contributed by atoms with van der Waals surface area (Å²) in [6.07, 6.45) is 5.66. The minimum atomic E-state index is -0.282. The number of fused-ring (bicyclic) bond motifs is 1. The number of amides is 1. The van der Waals surface area contributed by atoms with E-state index in [9.17, 15) is 14.0 Å². The van der Waals surface area contributed by atoms with Gasteiger partial charge in [0, 0.05) is 19.5 Å². The molecule has 3 heterocycles. The molecule has 0 saturated carbocycles. The van der Waals surface area contributed by atoms with Crippen LogP contribution >= 0.6 is 0 Å². The van der Waals surface area contributed by atoms with Crippen LogP contribution in [0.3, 0.4) is 0 Å². The van der Waals surface area contributed by atoms with Gasteiger partial charge in [0.1, 0.15) is 18.2 Å². The van der Waals surface area contributed by atoms with Gasteiger partial charge < -0.3 is 4.90 Å². The maximum Gasteiger partial charge on any atom is 0.346 e. The average molecular weight is 358 g/mol. The SMILES string of the molecule is O=C(Cn1nc2n(c1=O)CCCCC2)N1CCCC1c1ccc(F)cc1. The quantitative estimate of drug-likeness (QED) is 0.846. The van der Waals surface area contributed by atoms with Crippen molar-refractivity contribution in [1.82, 2.24) is 19.2 Å². The van der Waals surface area contributed by atoms with Crippen LogP contribution in [-0.4, -0.2) is 31.7 Å². The van der Waals surface area contributed by atoms with Gasteiger partial charge in [-0.2, -0.15) is 5.10 Å². The van der Waals surface area contributed by atoms with E-state index < -0.39 is 0 Å². The van der Waals surface area contributed by atoms with Crippen LogP contribution in [0.2, 0.25) is 0 Å². The van der Waals surface area contributed by atoms with Crippen molar-refractivity contribution in [3.05, 3.63) is 52.0 Å². The predicted octanol–water partition coefficient (Wildman–Crippen LogP) is 2.27. The molecule has 2 aliphatic heterocycles. The lowest BCUT2D eigenvalue weighted by molar-refractivity contribution is -0.133. The van der Waals surface area contributed by atoms with E-state index in [1.165, 1.54) is 16.8 Å². The minimum absolute atomic E-state index is 0.0312. The van der Waals surface area contributed by atoms with Gasteiger partial charge in [0.05, 0.1) is 6.04 Å². The first kappa shape index (κ1) is 17.0. The summed E-state index contributed by atoms with van der Waals surface area (Å²) in [7, 11) is 0. The molecule has 1 amide bonds. The predicted molar refractivity (Wildman–Crippen MR) is 94.1 cm³/mol. The number of hydrogen-bond donors (Lipinski definition) is 0. The molecule has 1 saturated heterocycles. The molecule has 6 nitrogen and oxygen atoms in total. The lowest BCUT2D eigenvalue weighted by Gasteiger charge is -2.25. The van der Waals surface area contributed by atoms with Gasteiger partial charge in [-0.3, -0.25) is 9.36 Å². The van der Waals surface area contributed by atoms with E-state index in [4.69, 9.17) is 0 Å². The smallest absolute Gasteiger partial charge is 0.334 e. The highest BCUT2D eigenvalue weighted by Crippen LogP contribution is 2.32. The highest BCUT2D eigenvalue weighted by molar-refractivity contribution is 5.76. The monoisotopic (exact) mass is 358 g/mol. The minimum Gasteiger partial charge on any atom is -0.334 e. The van der Waals surface area contributed by atoms with Gasteiger partial charge in [-0.1, -0.05) is 18.6 Å². The molecule has 2 aromatic rings. The molecule has 7 heteroatoms. The summed E-state index contributed by atoms with van der Waals surface area (Å²) in [4.78, 5) is 27.2. The normalized spacial score (nSPS) is 20.0. The number of hydrogen-bond acceptors (Lipinski definition) is 3. The van der Waals surface area contributed by atoms with Crippen molar-refractivity contribution in [2.24, 2.45) is 0 Å². The third kappa shape index (κ3) is 3.18. The number of aryl methyl sites for hydroxylation is 1. The fraction of sp³-hybridized carbons (Fsp3) is 0.526. The summed E-state index contributed by atoms with van der Waals surface area (Å²) >= 11 is 0. The van der Waals surface area contributed by atoms with Crippen LogP contribution in [0.25, 0.3) is 0 Å². The molecule has 2 aliphatic rings. The lowest BCUT2D eigenvalue weighted by atomic mass is 10.0. The molecule has 0 bridgehead atoms. The first-order valence-corrected chi connectivity index (χ1v) is 9.35. The molecule has 1 fully saturated rings. The lowest BCUT2D eigenvalue weighted by Crippen LogP contribution is -2.37. The Bertz CT molecular complexity index is 855. The van der Waals surface area contributed by atoms with Gasteiger partial charge in [-0.15, -0.1) is 0 Å². The number of halogens is 1. The van der Waals surface area contributed by atoms with Crippen LogP contribution in [-0.2, 0) is 24.3 Å². The van der Waals surface area contributed by atoms with Crippen molar-refractivity contribution in [3.63, 3.8) is 0 Å². The van der Waals surface area contributed by atoms with E-state index in [1.807, 2.05) is 0 Å². The Balaban J connectivity index is 1.53. The molecular weight excluding hydrogens is 335 g/mol. The first-order chi connectivity index (χ1) is 12.6. The highest BCUT2D eigenvalue weighted by Gasteiger charge is 2.30. The second kappa shape index (κ2) is 7.05. The maximum atomic E-state index is 13.2. The van der Waals surface area contributed by atoms with Crippen LogP contribution in [0, 0.1) is 5.82 Å². The zero-order valence-electron chi connectivity index (χ0n) is 14.7. The molecule has 0 spiro atoms. The average Bonchev–Trinajstić information content (AvgIpc) is 3.15. The van der Waals surface area contributed by atoms with E-state index in [2.05, 4.69) is 5.10 Å². The van der Waals surface area contributed by atoms with Gasteiger partial charge >= 0.3 is 5.69 Å². The summed E-state index contributed by atoms with van der Waals surface area (Å²) in [6.45, 7) is 1.31. The molecule has 138 valence electrons. The number of aromatic nitrogens is 3. The number of benzene rings is 1. The largest absolute Gasteiger partial charge is 0.346 e. The van der Waals surface area contributed by atoms with Crippen molar-refractivity contribution < 1.29 is 9.18 Å². The summed E-state index contributed by atoms with van der Waals surface area (Å²) in [5.74, 6) is 0.402. The van der Waals surface area contributed by atoms with Crippen LogP contribution in [0.1, 0.15) is 49.5 Å². The van der Waals surface area contributed by atoms with Gasteiger partial charge in [-0.25, -0.2) is 13.9 Å². The molecule has 1 unspecified atom stereocenters. The molecular formula is C19H23FN4O2. The van der Waals surface area contributed by atoms with E-state index in [0.29, 0.717) is 13.1 Å². The summed E-state index contributed by atoms with van der Waals surface area (Å²) < 4.78 is 16.2. The van der Waals surface area contributed by atoms with Crippen molar-refractivity contribution in [1.29, 1.82) is 0 Å². The van der Waals surface area contributed by atoms with Crippen LogP contribution in [0.5, 0.6) is 0 Å². The number of carbonyl (C=O) groups is 1. The Hall–Kier alpha value is -2.44. The molecule has 0 N–H and O–H groups in total. The summed E-state index contributed by atoms with van der Waals surface area (Å²) in [5, 5.41) is 4.40. The molecule has 1 atom stereocenters. The number of likely N-dealkylation sites (tertiary alicyclic amines) is 1. The van der Waals surface area contributed by atoms with Gasteiger partial charge in [0.15, 0.2) is 0 Å². The zero-order valence-corrected chi connectivity index (χ0v) is 14.7. The van der Waals surface area contributed by atoms with E-state index in [1.54, 1.807) is 21.6 Å². The number of nitrogens with zero attached hydrogens (tertiary/aromatic N) is 4. The second-order valence-corrected chi connectivity index (χ2v) is 7.12. The van der Waals surface area contributed by atoms with Crippen LogP contribution < -0.4 is 5.69 Å². The van der Waals surface area contributed by atoms with E-state index >= 15 is 0 Å². The Labute approximate surface area is 151 Å². The van der Waals surface area contributed by atoms with Crippen LogP contribution in [0.4, 0.5) is 4.39 Å². The Morgan fingerprint density at radius 1 is 1.12 bits per heavy atom. The van der Waals surface area contributed by atoms with Crippen molar-refractivity contribution >= 4 is 5.91 Å². The van der Waals surface area contributed by atoms with Crippen LogP contribution in [0.15, 0.2) is 29.1 Å². The molecule has 26 heavy (non-hydrogen) atoms. The summed E-state index contributed by atoms with van der Waals surface area (Å²) in [5.41, 5.74) is 0.748. The Morgan fingerprint density at radius 3 is 2.73 bits per heavy atom. The van der Waals surface area contributed by atoms with Gasteiger partial charge in [-0.05, 0) is 43.4 Å². The molecule has 0 aliphatic carbocycles. The highest BCUT2D eigenvalue weighted by atomic mass is 19.1. The molecule has 1 aromatic carbocycles. The maximum absolute atomic E-state index is 13.2. The van der Waals surface area contributed by atoms with Gasteiger partial charge in [0.2, 0.25) is 5.91 Å². The number of rotatable bonds is 3. The van der Waals surface area contributed by atoms with Gasteiger partial charge in [0.25, 0.3) is 0 Å². The molecule has 1 aromatic heterocycles. The third-order valence-electron chi connectivity index (χ3n) is 5.39. The second-order valence-electron chi connectivity index (χ2n) is 7.12. The fourth-order valence-electron chi connectivity index (χ4n) is 4.04. The first-order valence-electron chi connectivity index (χ1n) is 9.35. The molecule has 0 radical (unpaired) electrons. The standard InChI is InChI=1S/C19H23FN4O2/c20-15-9-7-14(8-10-15)16-5-4-12-22(16)18(25)13-24-19(26)23-11-3-1-2-6-17(23)21-24/h7-10,16H,1-6,11-13H2. The van der Waals surface area contributed by atoms with Crippen molar-refractivity contribution in [2.45, 2.75) is 57.7 Å². The fourth-order valence-corrected chi connectivity index (χ4v) is 4.04. The van der Waals surface area contributed by atoms with E-state index in [0.717, 1.165) is 49.9 Å². The summed E-state index contributed by atoms with van der Waals surface area (Å²) in [6, 6.07) is 6.26. The number of carbonyl (C=O) groups excluding carboxylic acids is 1. The Kier molecular flexibility index (Phi) is 4.61. The van der Waals surface area contributed by atoms with Crippen molar-refractivity contribution in [2.75, 3.05) is 6.54 Å². The molecule has 4 rings (SSSR count). The topological polar surface area (TPSA) is 60.1 Å². The van der Waals surface area contributed by atoms with Crippen molar-refractivity contribution in [3.8, 4) is 0 Å².